The molecule has 9 nitrogen and oxygen atoms in total. The molecule has 0 unspecified atom stereocenters. The van der Waals surface area contributed by atoms with Crippen LogP contribution in [0, 0.1) is 32.1 Å². The van der Waals surface area contributed by atoms with Crippen LogP contribution in [0.1, 0.15) is 29.5 Å². The maximum atomic E-state index is 13.0. The first-order chi connectivity index (χ1) is 13.5. The minimum Gasteiger partial charge on any atom is -0.380 e. The number of nitrogens with zero attached hydrogens (tertiary/aromatic N) is 5. The predicted octanol–water partition coefficient (Wildman–Crippen LogP) is 0.846. The summed E-state index contributed by atoms with van der Waals surface area (Å²) >= 11 is 0. The fourth-order valence-electron chi connectivity index (χ4n) is 4.38. The van der Waals surface area contributed by atoms with E-state index in [1.54, 1.807) is 6.92 Å². The minimum absolute atomic E-state index is 0.0903. The number of nitrogens with one attached hydrogen (secondary N) is 1. The molecule has 2 aromatic rings. The van der Waals surface area contributed by atoms with E-state index in [9.17, 15) is 4.79 Å². The number of carbonyl (C=O) groups excluding carboxylic acids is 1. The Balaban J connectivity index is 1.31. The fourth-order valence-corrected chi connectivity index (χ4v) is 4.38. The number of aromatic nitrogens is 4. The largest absolute Gasteiger partial charge is 0.380 e. The van der Waals surface area contributed by atoms with Crippen LogP contribution in [0.25, 0.3) is 0 Å². The summed E-state index contributed by atoms with van der Waals surface area (Å²) in [6.45, 7) is 10.4. The third-order valence-electron chi connectivity index (χ3n) is 5.76. The summed E-state index contributed by atoms with van der Waals surface area (Å²) in [7, 11) is 0. The Hall–Kier alpha value is -2.26. The van der Waals surface area contributed by atoms with E-state index in [0.717, 1.165) is 30.9 Å². The molecule has 9 heteroatoms. The first-order valence-corrected chi connectivity index (χ1v) is 9.85. The third-order valence-corrected chi connectivity index (χ3v) is 5.76. The molecule has 2 fully saturated rings. The predicted molar refractivity (Wildman–Crippen MR) is 100 cm³/mol. The summed E-state index contributed by atoms with van der Waals surface area (Å²) in [5, 5.41) is 11.4. The number of hydrogen-bond donors (Lipinski definition) is 1. The maximum Gasteiger partial charge on any atom is 0.240 e. The first-order valence-electron chi connectivity index (χ1n) is 9.85. The van der Waals surface area contributed by atoms with Crippen LogP contribution >= 0.6 is 0 Å². The highest BCUT2D eigenvalue weighted by Gasteiger charge is 2.55. The lowest BCUT2D eigenvalue weighted by Gasteiger charge is -2.26. The van der Waals surface area contributed by atoms with Gasteiger partial charge in [0.05, 0.1) is 30.9 Å². The second-order valence-corrected chi connectivity index (χ2v) is 8.03. The normalized spacial score (nSPS) is 24.6. The van der Waals surface area contributed by atoms with Gasteiger partial charge in [0.15, 0.2) is 5.82 Å². The molecule has 1 N–H and O–H groups in total. The topological polar surface area (TPSA) is 98.3 Å². The molecule has 4 rings (SSSR count). The number of carbonyl (C=O) groups is 1. The maximum absolute atomic E-state index is 13.0. The molecular formula is C19H28N6O3. The Kier molecular flexibility index (Phi) is 5.20. The van der Waals surface area contributed by atoms with Gasteiger partial charge < -0.3 is 14.6 Å². The van der Waals surface area contributed by atoms with Crippen LogP contribution in [0.4, 0.5) is 0 Å². The van der Waals surface area contributed by atoms with Crippen LogP contribution in [-0.4, -0.2) is 63.6 Å². The fraction of sp³-hybridized carbons (Fsp3) is 0.684. The number of aryl methyl sites for hydroxylation is 4. The molecule has 2 aliphatic rings. The van der Waals surface area contributed by atoms with E-state index < -0.39 is 5.41 Å². The van der Waals surface area contributed by atoms with Crippen LogP contribution < -0.4 is 5.32 Å². The molecule has 2 aromatic heterocycles. The molecular weight excluding hydrogens is 360 g/mol. The molecule has 2 saturated heterocycles. The van der Waals surface area contributed by atoms with Gasteiger partial charge in [0.2, 0.25) is 11.8 Å². The van der Waals surface area contributed by atoms with Gasteiger partial charge in [0.25, 0.3) is 0 Å². The summed E-state index contributed by atoms with van der Waals surface area (Å²) < 4.78 is 12.9. The molecule has 1 amide bonds. The highest BCUT2D eigenvalue weighted by molar-refractivity contribution is 5.84. The van der Waals surface area contributed by atoms with Gasteiger partial charge in [-0.1, -0.05) is 5.16 Å². The standard InChI is InChI=1S/C19H28N6O3/c1-13-7-14(2)25(22-13)6-4-5-20-18(26)19-11-24(8-16(19)10-27-12-19)9-17-21-15(3)23-28-17/h7,16H,4-6,8-12H2,1-3H3,(H,20,26)/t16-,19-/m1/s1. The number of ether oxygens (including phenoxy) is 1. The lowest BCUT2D eigenvalue weighted by molar-refractivity contribution is -0.131. The van der Waals surface area contributed by atoms with E-state index >= 15 is 0 Å². The highest BCUT2D eigenvalue weighted by Crippen LogP contribution is 2.41. The van der Waals surface area contributed by atoms with Crippen molar-refractivity contribution in [3.8, 4) is 0 Å². The second kappa shape index (κ2) is 7.63. The molecule has 0 aromatic carbocycles. The monoisotopic (exact) mass is 388 g/mol. The van der Waals surface area contributed by atoms with Crippen molar-refractivity contribution in [1.29, 1.82) is 0 Å². The van der Waals surface area contributed by atoms with Crippen molar-refractivity contribution in [2.45, 2.75) is 40.3 Å². The van der Waals surface area contributed by atoms with E-state index in [4.69, 9.17) is 9.26 Å². The Morgan fingerprint density at radius 1 is 1.39 bits per heavy atom. The quantitative estimate of drug-likeness (QED) is 0.702. The third kappa shape index (κ3) is 3.68. The molecule has 4 heterocycles. The molecule has 0 spiro atoms. The molecule has 28 heavy (non-hydrogen) atoms. The lowest BCUT2D eigenvalue weighted by atomic mass is 9.80. The van der Waals surface area contributed by atoms with Crippen molar-refractivity contribution in [3.05, 3.63) is 29.2 Å². The number of amides is 1. The van der Waals surface area contributed by atoms with Crippen LogP contribution in [0.15, 0.2) is 10.6 Å². The van der Waals surface area contributed by atoms with Gasteiger partial charge in [-0.05, 0) is 33.3 Å². The number of fused-ring (bicyclic) bond motifs is 1. The second-order valence-electron chi connectivity index (χ2n) is 8.03. The molecule has 0 aliphatic carbocycles. The van der Waals surface area contributed by atoms with Gasteiger partial charge >= 0.3 is 0 Å². The van der Waals surface area contributed by atoms with E-state index in [0.29, 0.717) is 44.6 Å². The van der Waals surface area contributed by atoms with Crippen molar-refractivity contribution in [2.75, 3.05) is 32.8 Å². The van der Waals surface area contributed by atoms with E-state index in [-0.39, 0.29) is 11.8 Å². The van der Waals surface area contributed by atoms with E-state index in [1.807, 2.05) is 11.6 Å². The average Bonchev–Trinajstić information content (AvgIpc) is 3.37. The van der Waals surface area contributed by atoms with Gasteiger partial charge in [-0.25, -0.2) is 0 Å². The summed E-state index contributed by atoms with van der Waals surface area (Å²) in [6.07, 6.45) is 0.847. The van der Waals surface area contributed by atoms with Crippen molar-refractivity contribution >= 4 is 5.91 Å². The molecule has 0 saturated carbocycles. The Bertz CT molecular complexity index is 847. The number of hydrogen-bond acceptors (Lipinski definition) is 7. The molecule has 0 bridgehead atoms. The van der Waals surface area contributed by atoms with Gasteiger partial charge in [0.1, 0.15) is 0 Å². The van der Waals surface area contributed by atoms with Gasteiger partial charge in [0, 0.05) is 37.8 Å². The van der Waals surface area contributed by atoms with Gasteiger partial charge in [-0.15, -0.1) is 0 Å². The van der Waals surface area contributed by atoms with Crippen LogP contribution in [0.3, 0.4) is 0 Å². The lowest BCUT2D eigenvalue weighted by Crippen LogP contribution is -2.47. The number of rotatable bonds is 7. The Morgan fingerprint density at radius 2 is 2.25 bits per heavy atom. The highest BCUT2D eigenvalue weighted by atomic mass is 16.5. The van der Waals surface area contributed by atoms with E-state index in [1.165, 1.54) is 0 Å². The molecule has 0 radical (unpaired) electrons. The molecule has 2 aliphatic heterocycles. The Morgan fingerprint density at radius 3 is 2.96 bits per heavy atom. The van der Waals surface area contributed by atoms with E-state index in [2.05, 4.69) is 38.4 Å². The zero-order valence-electron chi connectivity index (χ0n) is 16.8. The summed E-state index contributed by atoms with van der Waals surface area (Å²) in [5.74, 6) is 1.52. The summed E-state index contributed by atoms with van der Waals surface area (Å²) in [6, 6.07) is 2.07. The van der Waals surface area contributed by atoms with Gasteiger partial charge in [-0.2, -0.15) is 10.1 Å². The Labute approximate surface area is 164 Å². The number of likely N-dealkylation sites (tertiary alicyclic amines) is 1. The minimum atomic E-state index is -0.479. The zero-order valence-corrected chi connectivity index (χ0v) is 16.8. The van der Waals surface area contributed by atoms with Crippen LogP contribution in [-0.2, 0) is 22.6 Å². The molecule has 152 valence electrons. The smallest absolute Gasteiger partial charge is 0.240 e. The average molecular weight is 388 g/mol. The first kappa shape index (κ1) is 19.1. The summed E-state index contributed by atoms with van der Waals surface area (Å²) in [5.41, 5.74) is 1.69. The summed E-state index contributed by atoms with van der Waals surface area (Å²) in [4.78, 5) is 19.5. The van der Waals surface area contributed by atoms with Crippen LogP contribution in [0.5, 0.6) is 0 Å². The van der Waals surface area contributed by atoms with Gasteiger partial charge in [-0.3, -0.25) is 14.4 Å². The zero-order chi connectivity index (χ0) is 19.7. The van der Waals surface area contributed by atoms with Crippen molar-refractivity contribution in [3.63, 3.8) is 0 Å². The van der Waals surface area contributed by atoms with Crippen LogP contribution in [0.2, 0.25) is 0 Å². The van der Waals surface area contributed by atoms with Crippen molar-refractivity contribution in [2.24, 2.45) is 11.3 Å². The van der Waals surface area contributed by atoms with Crippen molar-refractivity contribution in [1.82, 2.24) is 30.1 Å². The molecule has 2 atom stereocenters. The van der Waals surface area contributed by atoms with Crippen molar-refractivity contribution < 1.29 is 14.1 Å². The SMILES string of the molecule is Cc1cc(C)n(CCCNC(=O)[C@]23COC[C@H]2CN(Cc2nc(C)no2)C3)n1.